The first kappa shape index (κ1) is 15.5. The van der Waals surface area contributed by atoms with E-state index >= 15 is 0 Å². The van der Waals surface area contributed by atoms with E-state index in [9.17, 15) is 4.79 Å². The summed E-state index contributed by atoms with van der Waals surface area (Å²) in [5, 5.41) is 0. The van der Waals surface area contributed by atoms with Crippen LogP contribution in [0, 0.1) is 13.8 Å². The lowest BCUT2D eigenvalue weighted by Crippen LogP contribution is -2.44. The van der Waals surface area contributed by atoms with Gasteiger partial charge in [0.05, 0.1) is 0 Å². The number of likely N-dealkylation sites (tertiary alicyclic amines) is 2. The van der Waals surface area contributed by atoms with Gasteiger partial charge >= 0.3 is 0 Å². The molecule has 3 nitrogen and oxygen atoms in total. The molecule has 0 radical (unpaired) electrons. The molecule has 2 aliphatic rings. The van der Waals surface area contributed by atoms with Gasteiger partial charge in [-0.2, -0.15) is 0 Å². The molecule has 22 heavy (non-hydrogen) atoms. The first-order valence-electron chi connectivity index (χ1n) is 8.63. The summed E-state index contributed by atoms with van der Waals surface area (Å²) in [5.41, 5.74) is 4.15. The van der Waals surface area contributed by atoms with Crippen molar-refractivity contribution < 1.29 is 4.79 Å². The quantitative estimate of drug-likeness (QED) is 0.837. The number of carbonyl (C=O) groups is 1. The highest BCUT2D eigenvalue weighted by atomic mass is 16.2. The highest BCUT2D eigenvalue weighted by Gasteiger charge is 2.39. The number of aryl methyl sites for hydroxylation is 2. The molecular formula is C19H28N2O. The normalized spacial score (nSPS) is 25.9. The lowest BCUT2D eigenvalue weighted by molar-refractivity contribution is -0.130. The van der Waals surface area contributed by atoms with Crippen LogP contribution in [-0.2, 0) is 11.3 Å². The lowest BCUT2D eigenvalue weighted by atomic mass is 10.0. The number of benzene rings is 1. The second-order valence-electron chi connectivity index (χ2n) is 7.02. The van der Waals surface area contributed by atoms with Crippen molar-refractivity contribution in [3.63, 3.8) is 0 Å². The Bertz CT molecular complexity index is 554. The van der Waals surface area contributed by atoms with Crippen LogP contribution in [0.4, 0.5) is 0 Å². The predicted molar refractivity (Wildman–Crippen MR) is 89.8 cm³/mol. The molecule has 120 valence electrons. The molecule has 3 rings (SSSR count). The molecule has 2 aliphatic heterocycles. The molecule has 2 heterocycles. The molecule has 3 heteroatoms. The number of hydrogen-bond donors (Lipinski definition) is 0. The molecule has 0 N–H and O–H groups in total. The number of nitrogens with zero attached hydrogens (tertiary/aromatic N) is 2. The van der Waals surface area contributed by atoms with Crippen molar-refractivity contribution in [1.29, 1.82) is 0 Å². The molecule has 0 spiro atoms. The Balaban J connectivity index is 1.77. The standard InChI is InChI=1S/C19H28N2O/c1-14-7-8-17(12-15(14)2)13-20-10-5-4-6-19-18(20)9-11-21(19)16(3)22/h7-8,12,18-19H,4-6,9-11,13H2,1-3H3/t18-,19-/m1/s1. The van der Waals surface area contributed by atoms with Crippen LogP contribution in [0.1, 0.15) is 49.3 Å². The highest BCUT2D eigenvalue weighted by molar-refractivity contribution is 5.74. The van der Waals surface area contributed by atoms with E-state index in [-0.39, 0.29) is 5.91 Å². The fraction of sp³-hybridized carbons (Fsp3) is 0.632. The number of carbonyl (C=O) groups excluding carboxylic acids is 1. The van der Waals surface area contributed by atoms with Crippen LogP contribution in [0.2, 0.25) is 0 Å². The summed E-state index contributed by atoms with van der Waals surface area (Å²) in [6, 6.07) is 7.81. The Kier molecular flexibility index (Phi) is 4.53. The van der Waals surface area contributed by atoms with Gasteiger partial charge in [-0.15, -0.1) is 0 Å². The molecular weight excluding hydrogens is 272 g/mol. The van der Waals surface area contributed by atoms with Crippen molar-refractivity contribution in [2.75, 3.05) is 13.1 Å². The zero-order valence-corrected chi connectivity index (χ0v) is 14.1. The van der Waals surface area contributed by atoms with Crippen LogP contribution >= 0.6 is 0 Å². The van der Waals surface area contributed by atoms with E-state index in [2.05, 4.69) is 41.8 Å². The van der Waals surface area contributed by atoms with Gasteiger partial charge in [-0.25, -0.2) is 0 Å². The van der Waals surface area contributed by atoms with E-state index in [0.29, 0.717) is 12.1 Å². The van der Waals surface area contributed by atoms with Gasteiger partial charge in [0.2, 0.25) is 5.91 Å². The van der Waals surface area contributed by atoms with E-state index in [1.54, 1.807) is 6.92 Å². The van der Waals surface area contributed by atoms with E-state index in [1.165, 1.54) is 42.5 Å². The molecule has 0 saturated carbocycles. The van der Waals surface area contributed by atoms with E-state index in [0.717, 1.165) is 19.5 Å². The SMILES string of the molecule is CC(=O)N1CC[C@@H]2[C@H]1CCCCN2Cc1ccc(C)c(C)c1. The van der Waals surface area contributed by atoms with Crippen LogP contribution in [0.3, 0.4) is 0 Å². The predicted octanol–water partition coefficient (Wildman–Crippen LogP) is 3.28. The number of fused-ring (bicyclic) bond motifs is 1. The maximum absolute atomic E-state index is 11.9. The number of hydrogen-bond acceptors (Lipinski definition) is 2. The molecule has 1 aromatic rings. The van der Waals surface area contributed by atoms with Gasteiger partial charge in [0, 0.05) is 32.1 Å². The fourth-order valence-corrected chi connectivity index (χ4v) is 4.17. The van der Waals surface area contributed by atoms with Crippen LogP contribution in [-0.4, -0.2) is 40.9 Å². The molecule has 1 amide bonds. The Morgan fingerprint density at radius 2 is 1.91 bits per heavy atom. The maximum atomic E-state index is 11.9. The minimum absolute atomic E-state index is 0.250. The summed E-state index contributed by atoms with van der Waals surface area (Å²) >= 11 is 0. The third kappa shape index (κ3) is 3.05. The minimum atomic E-state index is 0.250. The summed E-state index contributed by atoms with van der Waals surface area (Å²) in [7, 11) is 0. The zero-order chi connectivity index (χ0) is 15.7. The van der Waals surface area contributed by atoms with Gasteiger partial charge in [0.15, 0.2) is 0 Å². The summed E-state index contributed by atoms with van der Waals surface area (Å²) < 4.78 is 0. The second-order valence-corrected chi connectivity index (χ2v) is 7.02. The Hall–Kier alpha value is -1.35. The van der Waals surface area contributed by atoms with Gasteiger partial charge in [-0.05, 0) is 56.3 Å². The molecule has 2 atom stereocenters. The first-order valence-corrected chi connectivity index (χ1v) is 8.63. The third-order valence-corrected chi connectivity index (χ3v) is 5.54. The van der Waals surface area contributed by atoms with Crippen LogP contribution < -0.4 is 0 Å². The van der Waals surface area contributed by atoms with E-state index in [1.807, 2.05) is 0 Å². The minimum Gasteiger partial charge on any atom is -0.338 e. The maximum Gasteiger partial charge on any atom is 0.219 e. The van der Waals surface area contributed by atoms with E-state index in [4.69, 9.17) is 0 Å². The molecule has 1 aromatic carbocycles. The zero-order valence-electron chi connectivity index (χ0n) is 14.1. The van der Waals surface area contributed by atoms with Crippen LogP contribution in [0.25, 0.3) is 0 Å². The average molecular weight is 300 g/mol. The van der Waals surface area contributed by atoms with Crippen molar-refractivity contribution in [2.45, 2.75) is 65.1 Å². The average Bonchev–Trinajstić information content (AvgIpc) is 2.81. The topological polar surface area (TPSA) is 23.6 Å². The molecule has 0 unspecified atom stereocenters. The van der Waals surface area contributed by atoms with Crippen LogP contribution in [0.15, 0.2) is 18.2 Å². The second kappa shape index (κ2) is 6.41. The number of amides is 1. The number of rotatable bonds is 2. The molecule has 2 fully saturated rings. The van der Waals surface area contributed by atoms with Crippen LogP contribution in [0.5, 0.6) is 0 Å². The highest BCUT2D eigenvalue weighted by Crippen LogP contribution is 2.31. The Labute approximate surface area is 134 Å². The largest absolute Gasteiger partial charge is 0.338 e. The summed E-state index contributed by atoms with van der Waals surface area (Å²) in [6.45, 7) is 9.21. The Morgan fingerprint density at radius 1 is 1.09 bits per heavy atom. The van der Waals surface area contributed by atoms with Gasteiger partial charge in [0.25, 0.3) is 0 Å². The Morgan fingerprint density at radius 3 is 2.64 bits per heavy atom. The third-order valence-electron chi connectivity index (χ3n) is 5.54. The summed E-state index contributed by atoms with van der Waals surface area (Å²) in [4.78, 5) is 16.6. The van der Waals surface area contributed by atoms with Crippen molar-refractivity contribution in [3.8, 4) is 0 Å². The van der Waals surface area contributed by atoms with Crippen molar-refractivity contribution >= 4 is 5.91 Å². The molecule has 0 bridgehead atoms. The molecule has 0 aromatic heterocycles. The van der Waals surface area contributed by atoms with Gasteiger partial charge in [0.1, 0.15) is 0 Å². The molecule has 2 saturated heterocycles. The summed E-state index contributed by atoms with van der Waals surface area (Å²) in [5.74, 6) is 0.250. The fourth-order valence-electron chi connectivity index (χ4n) is 4.17. The smallest absolute Gasteiger partial charge is 0.219 e. The van der Waals surface area contributed by atoms with Gasteiger partial charge < -0.3 is 4.90 Å². The van der Waals surface area contributed by atoms with E-state index < -0.39 is 0 Å². The monoisotopic (exact) mass is 300 g/mol. The van der Waals surface area contributed by atoms with Crippen molar-refractivity contribution in [2.24, 2.45) is 0 Å². The first-order chi connectivity index (χ1) is 10.6. The van der Waals surface area contributed by atoms with Crippen molar-refractivity contribution in [3.05, 3.63) is 34.9 Å². The van der Waals surface area contributed by atoms with Crippen molar-refractivity contribution in [1.82, 2.24) is 9.80 Å². The summed E-state index contributed by atoms with van der Waals surface area (Å²) in [6.07, 6.45) is 4.81. The van der Waals surface area contributed by atoms with Gasteiger partial charge in [-0.1, -0.05) is 24.6 Å². The lowest BCUT2D eigenvalue weighted by Gasteiger charge is -2.33. The van der Waals surface area contributed by atoms with Gasteiger partial charge in [-0.3, -0.25) is 9.69 Å². The molecule has 0 aliphatic carbocycles.